The largest absolute Gasteiger partial charge is 0.308 e. The summed E-state index contributed by atoms with van der Waals surface area (Å²) in [7, 11) is 0. The van der Waals surface area contributed by atoms with Crippen LogP contribution in [0.5, 0.6) is 0 Å². The Balaban J connectivity index is 2.04. The topological polar surface area (TPSA) is 15.3 Å². The fourth-order valence-electron chi connectivity index (χ4n) is 4.29. The Bertz CT molecular complexity index is 281. The van der Waals surface area contributed by atoms with Gasteiger partial charge in [-0.1, -0.05) is 52.9 Å². The predicted molar refractivity (Wildman–Crippen MR) is 88.1 cm³/mol. The van der Waals surface area contributed by atoms with E-state index in [9.17, 15) is 0 Å². The molecule has 2 aliphatic rings. The molecule has 2 fully saturated rings. The summed E-state index contributed by atoms with van der Waals surface area (Å²) in [6.45, 7) is 12.1. The van der Waals surface area contributed by atoms with E-state index in [2.05, 4.69) is 37.9 Å². The second-order valence-corrected chi connectivity index (χ2v) is 7.70. The lowest BCUT2D eigenvalue weighted by Gasteiger charge is -2.53. The first-order chi connectivity index (χ1) is 9.58. The minimum Gasteiger partial charge on any atom is -0.308 e. The van der Waals surface area contributed by atoms with Gasteiger partial charge in [0.05, 0.1) is 0 Å². The average Bonchev–Trinajstić information content (AvgIpc) is 2.45. The second kappa shape index (κ2) is 7.26. The minimum atomic E-state index is 0.449. The minimum absolute atomic E-state index is 0.449. The van der Waals surface area contributed by atoms with Crippen molar-refractivity contribution in [2.75, 3.05) is 13.1 Å². The standard InChI is InChI=1S/C18H36N2/c1-5-6-10-16(4)20-14-18(11-8-7-9-12-18)19-13-17(20)15(2)3/h15-17,19H,5-14H2,1-4H3. The quantitative estimate of drug-likeness (QED) is 0.812. The Morgan fingerprint density at radius 3 is 2.45 bits per heavy atom. The molecule has 20 heavy (non-hydrogen) atoms. The van der Waals surface area contributed by atoms with Crippen LogP contribution in [0.1, 0.15) is 79.1 Å². The van der Waals surface area contributed by atoms with E-state index in [-0.39, 0.29) is 0 Å². The van der Waals surface area contributed by atoms with Crippen LogP contribution in [-0.4, -0.2) is 35.6 Å². The molecule has 118 valence electrons. The van der Waals surface area contributed by atoms with E-state index in [0.29, 0.717) is 5.54 Å². The van der Waals surface area contributed by atoms with Crippen LogP contribution in [-0.2, 0) is 0 Å². The maximum absolute atomic E-state index is 3.97. The van der Waals surface area contributed by atoms with Gasteiger partial charge in [-0.2, -0.15) is 0 Å². The Hall–Kier alpha value is -0.0800. The maximum atomic E-state index is 3.97. The first-order valence-corrected chi connectivity index (χ1v) is 9.09. The molecular weight excluding hydrogens is 244 g/mol. The van der Waals surface area contributed by atoms with Crippen molar-refractivity contribution in [1.29, 1.82) is 0 Å². The van der Waals surface area contributed by atoms with Gasteiger partial charge in [0.2, 0.25) is 0 Å². The molecule has 0 aromatic heterocycles. The number of hydrogen-bond acceptors (Lipinski definition) is 2. The van der Waals surface area contributed by atoms with Gasteiger partial charge < -0.3 is 5.32 Å². The predicted octanol–water partition coefficient (Wildman–Crippen LogP) is 4.20. The van der Waals surface area contributed by atoms with E-state index in [1.54, 1.807) is 0 Å². The zero-order chi connectivity index (χ0) is 14.6. The Morgan fingerprint density at radius 2 is 1.85 bits per heavy atom. The van der Waals surface area contributed by atoms with Gasteiger partial charge in [0, 0.05) is 30.7 Å². The van der Waals surface area contributed by atoms with Crippen molar-refractivity contribution in [3.05, 3.63) is 0 Å². The van der Waals surface area contributed by atoms with Gasteiger partial charge in [0.25, 0.3) is 0 Å². The highest BCUT2D eigenvalue weighted by Gasteiger charge is 2.41. The first kappa shape index (κ1) is 16.3. The number of rotatable bonds is 5. The number of nitrogens with one attached hydrogen (secondary N) is 1. The van der Waals surface area contributed by atoms with Crippen LogP contribution in [0.25, 0.3) is 0 Å². The fourth-order valence-corrected chi connectivity index (χ4v) is 4.29. The molecular formula is C18H36N2. The van der Waals surface area contributed by atoms with Crippen LogP contribution >= 0.6 is 0 Å². The van der Waals surface area contributed by atoms with E-state index in [4.69, 9.17) is 0 Å². The van der Waals surface area contributed by atoms with Gasteiger partial charge in [-0.05, 0) is 32.1 Å². The molecule has 1 N–H and O–H groups in total. The van der Waals surface area contributed by atoms with Crippen LogP contribution in [0.15, 0.2) is 0 Å². The van der Waals surface area contributed by atoms with E-state index in [1.165, 1.54) is 64.5 Å². The van der Waals surface area contributed by atoms with E-state index < -0.39 is 0 Å². The third kappa shape index (κ3) is 3.76. The molecule has 1 saturated carbocycles. The molecule has 2 atom stereocenters. The molecule has 2 unspecified atom stereocenters. The van der Waals surface area contributed by atoms with Gasteiger partial charge in [0.15, 0.2) is 0 Å². The fraction of sp³-hybridized carbons (Fsp3) is 1.00. The average molecular weight is 280 g/mol. The Kier molecular flexibility index (Phi) is 5.92. The van der Waals surface area contributed by atoms with Gasteiger partial charge in [0.1, 0.15) is 0 Å². The van der Waals surface area contributed by atoms with Gasteiger partial charge in [-0.3, -0.25) is 4.90 Å². The summed E-state index contributed by atoms with van der Waals surface area (Å²) in [5.74, 6) is 0.757. The van der Waals surface area contributed by atoms with Crippen molar-refractivity contribution in [2.45, 2.75) is 96.7 Å². The van der Waals surface area contributed by atoms with Crippen molar-refractivity contribution in [3.8, 4) is 0 Å². The highest BCUT2D eigenvalue weighted by atomic mass is 15.3. The van der Waals surface area contributed by atoms with Gasteiger partial charge in [-0.15, -0.1) is 0 Å². The van der Waals surface area contributed by atoms with Crippen LogP contribution in [0.2, 0.25) is 0 Å². The zero-order valence-corrected chi connectivity index (χ0v) is 14.3. The van der Waals surface area contributed by atoms with Crippen LogP contribution < -0.4 is 5.32 Å². The molecule has 0 bridgehead atoms. The van der Waals surface area contributed by atoms with Crippen molar-refractivity contribution < 1.29 is 0 Å². The van der Waals surface area contributed by atoms with Crippen LogP contribution in [0.4, 0.5) is 0 Å². The van der Waals surface area contributed by atoms with Crippen molar-refractivity contribution >= 4 is 0 Å². The molecule has 1 spiro atoms. The third-order valence-electron chi connectivity index (χ3n) is 5.72. The summed E-state index contributed by atoms with van der Waals surface area (Å²) >= 11 is 0. The van der Waals surface area contributed by atoms with Crippen LogP contribution in [0.3, 0.4) is 0 Å². The second-order valence-electron chi connectivity index (χ2n) is 7.70. The molecule has 2 rings (SSSR count). The number of nitrogens with zero attached hydrogens (tertiary/aromatic N) is 1. The summed E-state index contributed by atoms with van der Waals surface area (Å²) in [5, 5.41) is 3.97. The van der Waals surface area contributed by atoms with E-state index in [1.807, 2.05) is 0 Å². The van der Waals surface area contributed by atoms with E-state index in [0.717, 1.165) is 18.0 Å². The van der Waals surface area contributed by atoms with E-state index >= 15 is 0 Å². The molecule has 0 aromatic carbocycles. The number of piperazine rings is 1. The zero-order valence-electron chi connectivity index (χ0n) is 14.3. The van der Waals surface area contributed by atoms with Crippen molar-refractivity contribution in [2.24, 2.45) is 5.92 Å². The molecule has 1 saturated heterocycles. The molecule has 1 aliphatic heterocycles. The monoisotopic (exact) mass is 280 g/mol. The van der Waals surface area contributed by atoms with Gasteiger partial charge >= 0.3 is 0 Å². The van der Waals surface area contributed by atoms with Crippen LogP contribution in [0, 0.1) is 5.92 Å². The lowest BCUT2D eigenvalue weighted by atomic mass is 9.78. The summed E-state index contributed by atoms with van der Waals surface area (Å²) in [6, 6.07) is 1.48. The molecule has 2 nitrogen and oxygen atoms in total. The number of hydrogen-bond donors (Lipinski definition) is 1. The molecule has 0 amide bonds. The van der Waals surface area contributed by atoms with Crippen molar-refractivity contribution in [3.63, 3.8) is 0 Å². The SMILES string of the molecule is CCCCC(C)N1CC2(CCCCC2)NCC1C(C)C. The molecule has 0 aromatic rings. The smallest absolute Gasteiger partial charge is 0.0309 e. The molecule has 1 aliphatic carbocycles. The lowest BCUT2D eigenvalue weighted by Crippen LogP contribution is -2.67. The Labute approximate surface area is 126 Å². The Morgan fingerprint density at radius 1 is 1.15 bits per heavy atom. The summed E-state index contributed by atoms with van der Waals surface area (Å²) in [6.07, 6.45) is 11.2. The molecule has 0 radical (unpaired) electrons. The normalized spacial score (nSPS) is 28.9. The number of unbranched alkanes of at least 4 members (excludes halogenated alkanes) is 1. The maximum Gasteiger partial charge on any atom is 0.0309 e. The summed E-state index contributed by atoms with van der Waals surface area (Å²) in [4.78, 5) is 2.86. The highest BCUT2D eigenvalue weighted by Crippen LogP contribution is 2.34. The lowest BCUT2D eigenvalue weighted by molar-refractivity contribution is 0.00814. The van der Waals surface area contributed by atoms with Gasteiger partial charge in [-0.25, -0.2) is 0 Å². The molecule has 2 heteroatoms. The summed E-state index contributed by atoms with van der Waals surface area (Å²) < 4.78 is 0. The summed E-state index contributed by atoms with van der Waals surface area (Å²) in [5.41, 5.74) is 0.449. The third-order valence-corrected chi connectivity index (χ3v) is 5.72. The first-order valence-electron chi connectivity index (χ1n) is 9.09. The highest BCUT2D eigenvalue weighted by molar-refractivity contribution is 5.01. The molecule has 1 heterocycles. The van der Waals surface area contributed by atoms with Crippen molar-refractivity contribution in [1.82, 2.24) is 10.2 Å².